The molecule has 1 aliphatic carbocycles. The summed E-state index contributed by atoms with van der Waals surface area (Å²) in [5.41, 5.74) is 0. The third-order valence-electron chi connectivity index (χ3n) is 4.53. The van der Waals surface area contributed by atoms with Crippen LogP contribution in [0.2, 0.25) is 18.1 Å². The molecule has 0 saturated carbocycles. The molecule has 18 heavy (non-hydrogen) atoms. The Morgan fingerprint density at radius 3 is 2.67 bits per heavy atom. The summed E-state index contributed by atoms with van der Waals surface area (Å²) in [5.74, 6) is 1.38. The largest absolute Gasteiger partial charge is 0.547 e. The summed E-state index contributed by atoms with van der Waals surface area (Å²) < 4.78 is 11.4. The highest BCUT2D eigenvalue weighted by Crippen LogP contribution is 2.41. The summed E-state index contributed by atoms with van der Waals surface area (Å²) in [6.45, 7) is 11.8. The van der Waals surface area contributed by atoms with Crippen LogP contribution in [0.1, 0.15) is 33.6 Å². The topological polar surface area (TPSA) is 35.5 Å². The molecule has 4 heteroatoms. The smallest absolute Gasteiger partial charge is 0.309 e. The van der Waals surface area contributed by atoms with Crippen LogP contribution >= 0.6 is 0 Å². The lowest BCUT2D eigenvalue weighted by Gasteiger charge is -2.38. The number of esters is 1. The van der Waals surface area contributed by atoms with Gasteiger partial charge in [-0.25, -0.2) is 0 Å². The van der Waals surface area contributed by atoms with Gasteiger partial charge in [0.05, 0.1) is 18.3 Å². The molecule has 2 rings (SSSR count). The van der Waals surface area contributed by atoms with Crippen LogP contribution in [0, 0.1) is 11.8 Å². The fourth-order valence-electron chi connectivity index (χ4n) is 2.26. The minimum atomic E-state index is -1.75. The van der Waals surface area contributed by atoms with E-state index < -0.39 is 8.32 Å². The van der Waals surface area contributed by atoms with Gasteiger partial charge in [0.1, 0.15) is 0 Å². The minimum absolute atomic E-state index is 0.0253. The Bertz CT molecular complexity index is 379. The standard InChI is InChI=1S/C14H24O3Si/c1-14(2,3)18(4,5)17-11-6-7-12-10(8-11)9-16-13(12)15/h8,10,12H,6-7,9H2,1-5H3/t10-,12+/m0/s1. The van der Waals surface area contributed by atoms with Gasteiger partial charge >= 0.3 is 5.97 Å². The second-order valence-electron chi connectivity index (χ2n) is 6.93. The van der Waals surface area contributed by atoms with Gasteiger partial charge < -0.3 is 9.16 Å². The third kappa shape index (κ3) is 2.48. The lowest BCUT2D eigenvalue weighted by Crippen LogP contribution is -2.41. The van der Waals surface area contributed by atoms with Gasteiger partial charge in [0.15, 0.2) is 0 Å². The van der Waals surface area contributed by atoms with E-state index in [1.807, 2.05) is 0 Å². The van der Waals surface area contributed by atoms with E-state index in [-0.39, 0.29) is 22.8 Å². The Morgan fingerprint density at radius 2 is 2.06 bits per heavy atom. The van der Waals surface area contributed by atoms with E-state index in [1.165, 1.54) is 0 Å². The molecule has 0 aromatic carbocycles. The fourth-order valence-corrected chi connectivity index (χ4v) is 3.39. The van der Waals surface area contributed by atoms with Crippen LogP contribution in [0.5, 0.6) is 0 Å². The number of allylic oxidation sites excluding steroid dienone is 1. The van der Waals surface area contributed by atoms with Gasteiger partial charge in [-0.2, -0.15) is 0 Å². The molecule has 102 valence electrons. The maximum Gasteiger partial charge on any atom is 0.309 e. The molecule has 3 nitrogen and oxygen atoms in total. The molecule has 2 aliphatic rings. The van der Waals surface area contributed by atoms with Crippen molar-refractivity contribution in [3.05, 3.63) is 11.8 Å². The van der Waals surface area contributed by atoms with Crippen molar-refractivity contribution in [2.75, 3.05) is 6.61 Å². The van der Waals surface area contributed by atoms with Gasteiger partial charge in [-0.05, 0) is 30.6 Å². The Balaban J connectivity index is 2.08. The highest BCUT2D eigenvalue weighted by Gasteiger charge is 2.42. The number of cyclic esters (lactones) is 1. The number of carbonyl (C=O) groups excluding carboxylic acids is 1. The van der Waals surface area contributed by atoms with Crippen molar-refractivity contribution in [2.24, 2.45) is 11.8 Å². The van der Waals surface area contributed by atoms with Crippen LogP contribution in [-0.2, 0) is 14.0 Å². The zero-order valence-corrected chi connectivity index (χ0v) is 13.1. The number of carbonyl (C=O) groups is 1. The second kappa shape index (κ2) is 4.40. The average molecular weight is 268 g/mol. The Kier molecular flexibility index (Phi) is 3.34. The van der Waals surface area contributed by atoms with E-state index in [4.69, 9.17) is 9.16 Å². The first-order valence-corrected chi connectivity index (χ1v) is 9.68. The molecule has 1 fully saturated rings. The van der Waals surface area contributed by atoms with E-state index in [0.717, 1.165) is 18.6 Å². The highest BCUT2D eigenvalue weighted by molar-refractivity contribution is 6.74. The van der Waals surface area contributed by atoms with Gasteiger partial charge in [0.25, 0.3) is 0 Å². The van der Waals surface area contributed by atoms with Gasteiger partial charge in [0, 0.05) is 12.3 Å². The number of rotatable bonds is 2. The second-order valence-corrected chi connectivity index (χ2v) is 11.7. The van der Waals surface area contributed by atoms with Gasteiger partial charge in [-0.1, -0.05) is 20.8 Å². The van der Waals surface area contributed by atoms with Crippen molar-refractivity contribution in [3.8, 4) is 0 Å². The first kappa shape index (κ1) is 13.7. The van der Waals surface area contributed by atoms with Crippen molar-refractivity contribution in [3.63, 3.8) is 0 Å². The monoisotopic (exact) mass is 268 g/mol. The zero-order chi connectivity index (χ0) is 13.6. The summed E-state index contributed by atoms with van der Waals surface area (Å²) >= 11 is 0. The molecule has 0 spiro atoms. The lowest BCUT2D eigenvalue weighted by atomic mass is 9.86. The molecule has 0 bridgehead atoms. The first-order chi connectivity index (χ1) is 8.21. The van der Waals surface area contributed by atoms with Crippen LogP contribution < -0.4 is 0 Å². The van der Waals surface area contributed by atoms with Crippen molar-refractivity contribution < 1.29 is 14.0 Å². The molecule has 1 aliphatic heterocycles. The van der Waals surface area contributed by atoms with Gasteiger partial charge in [-0.15, -0.1) is 0 Å². The molecule has 0 aromatic rings. The van der Waals surface area contributed by atoms with Crippen LogP contribution in [0.15, 0.2) is 11.8 Å². The molecular weight excluding hydrogens is 244 g/mol. The van der Waals surface area contributed by atoms with Crippen molar-refractivity contribution in [2.45, 2.75) is 51.7 Å². The summed E-state index contributed by atoms with van der Waals surface area (Å²) in [5, 5.41) is 0.215. The normalized spacial score (nSPS) is 28.5. The number of ether oxygens (including phenoxy) is 1. The molecule has 0 radical (unpaired) electrons. The van der Waals surface area contributed by atoms with Crippen molar-refractivity contribution in [1.29, 1.82) is 0 Å². The molecule has 0 amide bonds. The predicted molar refractivity (Wildman–Crippen MR) is 73.5 cm³/mol. The Hall–Kier alpha value is -0.773. The molecule has 2 atom stereocenters. The fraction of sp³-hybridized carbons (Fsp3) is 0.786. The predicted octanol–water partition coefficient (Wildman–Crippen LogP) is 3.48. The van der Waals surface area contributed by atoms with Crippen LogP contribution in [0.25, 0.3) is 0 Å². The maximum absolute atomic E-state index is 11.5. The lowest BCUT2D eigenvalue weighted by molar-refractivity contribution is -0.141. The zero-order valence-electron chi connectivity index (χ0n) is 12.1. The van der Waals surface area contributed by atoms with Crippen LogP contribution in [0.3, 0.4) is 0 Å². The van der Waals surface area contributed by atoms with Crippen LogP contribution in [-0.4, -0.2) is 20.9 Å². The summed E-state index contributed by atoms with van der Waals surface area (Å²) in [6.07, 6.45) is 3.90. The van der Waals surface area contributed by atoms with Crippen molar-refractivity contribution in [1.82, 2.24) is 0 Å². The van der Waals surface area contributed by atoms with E-state index in [2.05, 4.69) is 39.9 Å². The highest BCUT2D eigenvalue weighted by atomic mass is 28.4. The first-order valence-electron chi connectivity index (χ1n) is 6.77. The van der Waals surface area contributed by atoms with E-state index in [0.29, 0.717) is 6.61 Å². The molecule has 1 heterocycles. The molecule has 0 unspecified atom stereocenters. The third-order valence-corrected chi connectivity index (χ3v) is 8.92. The van der Waals surface area contributed by atoms with Crippen molar-refractivity contribution >= 4 is 14.3 Å². The quantitative estimate of drug-likeness (QED) is 0.568. The van der Waals surface area contributed by atoms with E-state index in [1.54, 1.807) is 0 Å². The summed E-state index contributed by atoms with van der Waals surface area (Å²) in [7, 11) is -1.75. The number of hydrogen-bond acceptors (Lipinski definition) is 3. The van der Waals surface area contributed by atoms with E-state index in [9.17, 15) is 4.79 Å². The number of hydrogen-bond donors (Lipinski definition) is 0. The van der Waals surface area contributed by atoms with E-state index >= 15 is 0 Å². The summed E-state index contributed by atoms with van der Waals surface area (Å²) in [6, 6.07) is 0. The average Bonchev–Trinajstić information content (AvgIpc) is 2.58. The molecule has 0 aromatic heterocycles. The number of fused-ring (bicyclic) bond motifs is 1. The Labute approximate surface area is 111 Å². The maximum atomic E-state index is 11.5. The summed E-state index contributed by atoms with van der Waals surface area (Å²) in [4.78, 5) is 11.5. The Morgan fingerprint density at radius 1 is 1.39 bits per heavy atom. The molecule has 1 saturated heterocycles. The van der Waals surface area contributed by atoms with Gasteiger partial charge in [-0.3, -0.25) is 4.79 Å². The molecular formula is C14H24O3Si. The SMILES string of the molecule is CC(C)(C)[Si](C)(C)OC1=C[C@H]2COC(=O)[C@@H]2CC1. The van der Waals surface area contributed by atoms with Gasteiger partial charge in [0.2, 0.25) is 8.32 Å². The molecule has 0 N–H and O–H groups in total. The van der Waals surface area contributed by atoms with Crippen LogP contribution in [0.4, 0.5) is 0 Å². The minimum Gasteiger partial charge on any atom is -0.547 e.